The fourth-order valence-corrected chi connectivity index (χ4v) is 9.58. The largest absolute Gasteiger partial charge is 0.464 e. The van der Waals surface area contributed by atoms with Crippen molar-refractivity contribution in [1.29, 1.82) is 0 Å². The molecule has 1 saturated heterocycles. The van der Waals surface area contributed by atoms with Gasteiger partial charge in [0, 0.05) is 0 Å². The van der Waals surface area contributed by atoms with Gasteiger partial charge < -0.3 is 18.9 Å². The monoisotopic (exact) mass is 444 g/mol. The number of esters is 4. The summed E-state index contributed by atoms with van der Waals surface area (Å²) in [5.74, 6) is -3.24. The van der Waals surface area contributed by atoms with E-state index in [4.69, 9.17) is 18.9 Å². The molecule has 0 aromatic carbocycles. The normalized spacial score (nSPS) is 17.7. The minimum atomic E-state index is -1.76. The Balaban J connectivity index is 3.17. The predicted octanol–water partition coefficient (Wildman–Crippen LogP) is 2.41. The van der Waals surface area contributed by atoms with Crippen LogP contribution in [-0.4, -0.2) is 58.5 Å². The zero-order valence-corrected chi connectivity index (χ0v) is 18.0. The maximum absolute atomic E-state index is 12.4. The maximum Gasteiger partial charge on any atom is 0.346 e. The van der Waals surface area contributed by atoms with Gasteiger partial charge in [0.15, 0.2) is 0 Å². The summed E-state index contributed by atoms with van der Waals surface area (Å²) < 4.78 is 16.5. The quantitative estimate of drug-likeness (QED) is 0.237. The van der Waals surface area contributed by atoms with Gasteiger partial charge in [-0.25, -0.2) is 19.2 Å². The molecule has 1 heterocycles. The Kier molecular flexibility index (Phi) is 9.48. The van der Waals surface area contributed by atoms with Crippen LogP contribution >= 0.6 is 43.2 Å². The highest BCUT2D eigenvalue weighted by molar-refractivity contribution is 8.95. The van der Waals surface area contributed by atoms with Gasteiger partial charge in [0.25, 0.3) is 8.16 Å². The third-order valence-electron chi connectivity index (χ3n) is 2.73. The molecule has 0 bridgehead atoms. The van der Waals surface area contributed by atoms with E-state index in [2.05, 4.69) is 0 Å². The molecule has 148 valence electrons. The molecule has 0 N–H and O–H groups in total. The summed E-state index contributed by atoms with van der Waals surface area (Å²) in [6.07, 6.45) is 0. The molecule has 0 aromatic rings. The van der Waals surface area contributed by atoms with E-state index in [-0.39, 0.29) is 26.4 Å². The Hall–Kier alpha value is -0.720. The Morgan fingerprint density at radius 2 is 0.731 bits per heavy atom. The molecule has 1 aliphatic heterocycles. The fraction of sp³-hybridized carbons (Fsp3) is 0.714. The summed E-state index contributed by atoms with van der Waals surface area (Å²) in [6, 6.07) is 0. The van der Waals surface area contributed by atoms with E-state index in [0.717, 1.165) is 43.2 Å². The van der Waals surface area contributed by atoms with Crippen LogP contribution < -0.4 is 0 Å². The number of carbonyl (C=O) groups is 4. The zero-order valence-electron chi connectivity index (χ0n) is 14.7. The van der Waals surface area contributed by atoms with E-state index in [1.165, 1.54) is 0 Å². The summed E-state index contributed by atoms with van der Waals surface area (Å²) >= 11 is 0. The summed E-state index contributed by atoms with van der Waals surface area (Å²) in [5, 5.41) is 0. The molecular weight excluding hydrogens is 424 g/mol. The molecule has 0 amide bonds. The van der Waals surface area contributed by atoms with Crippen molar-refractivity contribution >= 4 is 67.1 Å². The van der Waals surface area contributed by atoms with Crippen LogP contribution in [-0.2, 0) is 38.1 Å². The number of hydrogen-bond acceptors (Lipinski definition) is 12. The van der Waals surface area contributed by atoms with Crippen LogP contribution in [0.15, 0.2) is 0 Å². The Labute approximate surface area is 167 Å². The van der Waals surface area contributed by atoms with E-state index >= 15 is 0 Å². The highest BCUT2D eigenvalue weighted by Crippen LogP contribution is 2.66. The van der Waals surface area contributed by atoms with Crippen molar-refractivity contribution in [3.63, 3.8) is 0 Å². The second kappa shape index (κ2) is 10.6. The Morgan fingerprint density at radius 3 is 0.885 bits per heavy atom. The topological polar surface area (TPSA) is 105 Å². The zero-order chi connectivity index (χ0) is 19.8. The number of hydrogen-bond donors (Lipinski definition) is 0. The average Bonchev–Trinajstić information content (AvgIpc) is 2.62. The van der Waals surface area contributed by atoms with Gasteiger partial charge in [-0.3, -0.25) is 0 Å². The van der Waals surface area contributed by atoms with E-state index in [1.54, 1.807) is 27.7 Å². The lowest BCUT2D eigenvalue weighted by molar-refractivity contribution is -0.156. The fourth-order valence-electron chi connectivity index (χ4n) is 1.61. The van der Waals surface area contributed by atoms with Crippen molar-refractivity contribution in [3.8, 4) is 0 Å². The first kappa shape index (κ1) is 23.3. The lowest BCUT2D eigenvalue weighted by Crippen LogP contribution is -2.49. The molecule has 0 aromatic heterocycles. The van der Waals surface area contributed by atoms with Crippen LogP contribution in [0.25, 0.3) is 0 Å². The lowest BCUT2D eigenvalue weighted by atomic mass is 10.4. The van der Waals surface area contributed by atoms with E-state index in [9.17, 15) is 19.2 Å². The predicted molar refractivity (Wildman–Crippen MR) is 102 cm³/mol. The van der Waals surface area contributed by atoms with Gasteiger partial charge >= 0.3 is 23.9 Å². The standard InChI is InChI=1S/C14H20O8S4/c1-5-19-9(15)13(10(16)20-6-2)23-25-14(26-24-13,11(17)21-7-3)12(18)22-8-4/h5-8H2,1-4H3. The molecule has 12 heteroatoms. The molecule has 0 saturated carbocycles. The number of rotatable bonds is 8. The highest BCUT2D eigenvalue weighted by Gasteiger charge is 2.64. The van der Waals surface area contributed by atoms with Crippen molar-refractivity contribution in [2.75, 3.05) is 26.4 Å². The molecule has 1 rings (SSSR count). The van der Waals surface area contributed by atoms with E-state index in [1.807, 2.05) is 0 Å². The average molecular weight is 445 g/mol. The minimum Gasteiger partial charge on any atom is -0.464 e. The number of carbonyl (C=O) groups excluding carboxylic acids is 4. The second-order valence-corrected chi connectivity index (χ2v) is 10.1. The van der Waals surface area contributed by atoms with Crippen molar-refractivity contribution in [2.24, 2.45) is 0 Å². The molecule has 0 aliphatic carbocycles. The summed E-state index contributed by atoms with van der Waals surface area (Å²) in [7, 11) is 2.92. The first-order chi connectivity index (χ1) is 12.3. The van der Waals surface area contributed by atoms with Crippen LogP contribution in [0.5, 0.6) is 0 Å². The smallest absolute Gasteiger partial charge is 0.346 e. The molecule has 8 nitrogen and oxygen atoms in total. The molecular formula is C14H20O8S4. The van der Waals surface area contributed by atoms with Crippen LogP contribution in [0.4, 0.5) is 0 Å². The minimum absolute atomic E-state index is 0.0668. The molecule has 0 radical (unpaired) electrons. The molecule has 0 spiro atoms. The molecule has 1 fully saturated rings. The summed E-state index contributed by atoms with van der Waals surface area (Å²) in [5.41, 5.74) is 0. The lowest BCUT2D eigenvalue weighted by Gasteiger charge is -2.37. The molecule has 1 aliphatic rings. The Bertz CT molecular complexity index is 457. The maximum atomic E-state index is 12.4. The van der Waals surface area contributed by atoms with E-state index < -0.39 is 32.0 Å². The van der Waals surface area contributed by atoms with Crippen LogP contribution in [0.3, 0.4) is 0 Å². The first-order valence-electron chi connectivity index (χ1n) is 7.77. The van der Waals surface area contributed by atoms with Crippen LogP contribution in [0, 0.1) is 0 Å². The molecule has 0 atom stereocenters. The Morgan fingerprint density at radius 1 is 0.538 bits per heavy atom. The summed E-state index contributed by atoms with van der Waals surface area (Å²) in [6.45, 7) is 6.70. The van der Waals surface area contributed by atoms with Gasteiger partial charge in [0.05, 0.1) is 26.4 Å². The van der Waals surface area contributed by atoms with Gasteiger partial charge in [-0.15, -0.1) is 0 Å². The summed E-state index contributed by atoms with van der Waals surface area (Å²) in [4.78, 5) is 49.7. The van der Waals surface area contributed by atoms with Crippen molar-refractivity contribution in [3.05, 3.63) is 0 Å². The SMILES string of the molecule is CCOC(=O)C1(C(=O)OCC)SSC(C(=O)OCC)(C(=O)OCC)SS1. The molecule has 0 unspecified atom stereocenters. The van der Waals surface area contributed by atoms with Crippen molar-refractivity contribution in [2.45, 2.75) is 35.9 Å². The third-order valence-corrected chi connectivity index (χ3v) is 10.9. The van der Waals surface area contributed by atoms with Crippen molar-refractivity contribution in [1.82, 2.24) is 0 Å². The van der Waals surface area contributed by atoms with Gasteiger partial charge in [-0.1, -0.05) is 0 Å². The van der Waals surface area contributed by atoms with Gasteiger partial charge in [0.2, 0.25) is 0 Å². The van der Waals surface area contributed by atoms with Crippen LogP contribution in [0.2, 0.25) is 0 Å². The van der Waals surface area contributed by atoms with Gasteiger partial charge in [0.1, 0.15) is 0 Å². The highest BCUT2D eigenvalue weighted by atomic mass is 33.2. The molecule has 26 heavy (non-hydrogen) atoms. The third kappa shape index (κ3) is 4.76. The number of ether oxygens (including phenoxy) is 4. The van der Waals surface area contributed by atoms with Crippen LogP contribution in [0.1, 0.15) is 27.7 Å². The second-order valence-electron chi connectivity index (χ2n) is 4.45. The van der Waals surface area contributed by atoms with Gasteiger partial charge in [-0.2, -0.15) is 0 Å². The van der Waals surface area contributed by atoms with Crippen molar-refractivity contribution < 1.29 is 38.1 Å². The van der Waals surface area contributed by atoms with E-state index in [0.29, 0.717) is 0 Å². The van der Waals surface area contributed by atoms with Gasteiger partial charge in [-0.05, 0) is 70.9 Å². The first-order valence-corrected chi connectivity index (χ1v) is 12.1.